The largest absolute Gasteiger partial charge is 0.347 e. The second-order valence-electron chi connectivity index (χ2n) is 10.1. The SMILES string of the molecule is CS(=O)(=O)N(Cc1ccccc1Cl)c1ccc(C(=O)NC23CC4CC(CC(C4)C2)C3)cc1. The Bertz CT molecular complexity index is 1090. The topological polar surface area (TPSA) is 66.5 Å². The molecule has 0 atom stereocenters. The van der Waals surface area contributed by atoms with E-state index in [1.165, 1.54) is 29.8 Å². The maximum absolute atomic E-state index is 13.1. The molecule has 0 unspecified atom stereocenters. The number of amides is 1. The Labute approximate surface area is 195 Å². The van der Waals surface area contributed by atoms with Crippen LogP contribution in [-0.4, -0.2) is 26.1 Å². The van der Waals surface area contributed by atoms with Gasteiger partial charge in [-0.05, 0) is 92.2 Å². The summed E-state index contributed by atoms with van der Waals surface area (Å²) in [6, 6.07) is 14.0. The van der Waals surface area contributed by atoms with Crippen molar-refractivity contribution >= 4 is 33.2 Å². The van der Waals surface area contributed by atoms with Crippen molar-refractivity contribution in [1.82, 2.24) is 5.32 Å². The molecule has 0 saturated heterocycles. The summed E-state index contributed by atoms with van der Waals surface area (Å²) in [6.07, 6.45) is 8.47. The molecule has 0 aromatic heterocycles. The number of halogens is 1. The number of carbonyl (C=O) groups excluding carboxylic acids is 1. The van der Waals surface area contributed by atoms with Crippen LogP contribution in [0, 0.1) is 17.8 Å². The summed E-state index contributed by atoms with van der Waals surface area (Å²) in [6.45, 7) is 0.136. The number of nitrogens with zero attached hydrogens (tertiary/aromatic N) is 1. The molecule has 0 radical (unpaired) electrons. The van der Waals surface area contributed by atoms with E-state index in [1.807, 2.05) is 18.2 Å². The van der Waals surface area contributed by atoms with Crippen LogP contribution in [0.1, 0.15) is 54.4 Å². The second-order valence-corrected chi connectivity index (χ2v) is 12.4. The number of nitrogens with one attached hydrogen (secondary N) is 1. The second kappa shape index (κ2) is 8.07. The molecule has 1 amide bonds. The number of benzene rings is 2. The zero-order valence-electron chi connectivity index (χ0n) is 18.3. The van der Waals surface area contributed by atoms with Crippen molar-refractivity contribution in [3.63, 3.8) is 0 Å². The third kappa shape index (κ3) is 4.27. The van der Waals surface area contributed by atoms with Gasteiger partial charge in [0.15, 0.2) is 0 Å². The van der Waals surface area contributed by atoms with E-state index >= 15 is 0 Å². The smallest absolute Gasteiger partial charge is 0.251 e. The lowest BCUT2D eigenvalue weighted by Gasteiger charge is -2.56. The first kappa shape index (κ1) is 21.8. The summed E-state index contributed by atoms with van der Waals surface area (Å²) in [4.78, 5) is 13.1. The third-order valence-electron chi connectivity index (χ3n) is 7.51. The molecular weight excluding hydrogens is 444 g/mol. The van der Waals surface area contributed by atoms with Crippen LogP contribution in [0.5, 0.6) is 0 Å². The molecule has 2 aromatic carbocycles. The summed E-state index contributed by atoms with van der Waals surface area (Å²) >= 11 is 6.25. The molecule has 2 aromatic rings. The summed E-state index contributed by atoms with van der Waals surface area (Å²) in [5, 5.41) is 3.90. The highest BCUT2D eigenvalue weighted by Crippen LogP contribution is 2.55. The van der Waals surface area contributed by atoms with Gasteiger partial charge < -0.3 is 5.32 Å². The Morgan fingerprint density at radius 2 is 1.56 bits per heavy atom. The monoisotopic (exact) mass is 472 g/mol. The summed E-state index contributed by atoms with van der Waals surface area (Å²) in [7, 11) is -3.53. The van der Waals surface area contributed by atoms with Gasteiger partial charge in [-0.1, -0.05) is 29.8 Å². The molecule has 5 nitrogen and oxygen atoms in total. The van der Waals surface area contributed by atoms with Crippen LogP contribution >= 0.6 is 11.6 Å². The number of sulfonamides is 1. The fraction of sp³-hybridized carbons (Fsp3) is 0.480. The molecule has 4 bridgehead atoms. The summed E-state index contributed by atoms with van der Waals surface area (Å²) in [5.74, 6) is 2.22. The van der Waals surface area contributed by atoms with E-state index in [2.05, 4.69) is 5.32 Å². The Morgan fingerprint density at radius 1 is 1.00 bits per heavy atom. The fourth-order valence-corrected chi connectivity index (χ4v) is 7.61. The van der Waals surface area contributed by atoms with E-state index in [1.54, 1.807) is 30.3 Å². The van der Waals surface area contributed by atoms with Crippen molar-refractivity contribution in [3.05, 3.63) is 64.7 Å². The van der Waals surface area contributed by atoms with E-state index in [-0.39, 0.29) is 18.0 Å². The highest BCUT2D eigenvalue weighted by atomic mass is 35.5. The lowest BCUT2D eigenvalue weighted by molar-refractivity contribution is -0.0167. The molecule has 0 spiro atoms. The normalized spacial score (nSPS) is 28.5. The zero-order valence-corrected chi connectivity index (χ0v) is 19.8. The molecule has 4 aliphatic carbocycles. The average molecular weight is 473 g/mol. The van der Waals surface area contributed by atoms with Crippen LogP contribution in [0.15, 0.2) is 48.5 Å². The minimum absolute atomic E-state index is 0.0483. The van der Waals surface area contributed by atoms with Gasteiger partial charge >= 0.3 is 0 Å². The van der Waals surface area contributed by atoms with Crippen molar-refractivity contribution in [3.8, 4) is 0 Å². The van der Waals surface area contributed by atoms with Crippen LogP contribution in [-0.2, 0) is 16.6 Å². The Morgan fingerprint density at radius 3 is 2.09 bits per heavy atom. The van der Waals surface area contributed by atoms with Crippen molar-refractivity contribution in [1.29, 1.82) is 0 Å². The van der Waals surface area contributed by atoms with Gasteiger partial charge in [-0.3, -0.25) is 9.10 Å². The first-order valence-electron chi connectivity index (χ1n) is 11.3. The first-order chi connectivity index (χ1) is 15.2. The Kier molecular flexibility index (Phi) is 5.49. The molecule has 4 aliphatic rings. The highest BCUT2D eigenvalue weighted by Gasteiger charge is 2.51. The molecule has 1 N–H and O–H groups in total. The van der Waals surface area contributed by atoms with Gasteiger partial charge in [0.1, 0.15) is 0 Å². The van der Waals surface area contributed by atoms with E-state index in [0.717, 1.165) is 42.6 Å². The predicted octanol–water partition coefficient (Wildman–Crippen LogP) is 5.00. The molecule has 6 rings (SSSR count). The number of hydrogen-bond acceptors (Lipinski definition) is 3. The molecule has 0 heterocycles. The maximum Gasteiger partial charge on any atom is 0.251 e. The van der Waals surface area contributed by atoms with Gasteiger partial charge in [0.05, 0.1) is 18.5 Å². The van der Waals surface area contributed by atoms with E-state index in [9.17, 15) is 13.2 Å². The van der Waals surface area contributed by atoms with Crippen molar-refractivity contribution in [2.45, 2.75) is 50.6 Å². The number of carbonyl (C=O) groups is 1. The quantitative estimate of drug-likeness (QED) is 0.643. The van der Waals surface area contributed by atoms with Crippen LogP contribution in [0.25, 0.3) is 0 Å². The zero-order chi connectivity index (χ0) is 22.5. The minimum atomic E-state index is -3.53. The lowest BCUT2D eigenvalue weighted by Crippen LogP contribution is -2.59. The molecule has 4 saturated carbocycles. The van der Waals surface area contributed by atoms with Crippen LogP contribution in [0.2, 0.25) is 5.02 Å². The molecule has 170 valence electrons. The standard InChI is InChI=1S/C25H29ClN2O3S/c1-32(30,31)28(16-21-4-2-3-5-23(21)26)22-8-6-20(7-9-22)24(29)27-25-13-17-10-18(14-25)12-19(11-17)15-25/h2-9,17-19H,10-16H2,1H3,(H,27,29). The van der Waals surface area contributed by atoms with E-state index in [0.29, 0.717) is 16.3 Å². The average Bonchev–Trinajstić information content (AvgIpc) is 2.71. The van der Waals surface area contributed by atoms with Crippen molar-refractivity contribution in [2.24, 2.45) is 17.8 Å². The predicted molar refractivity (Wildman–Crippen MR) is 127 cm³/mol. The van der Waals surface area contributed by atoms with Gasteiger partial charge in [-0.25, -0.2) is 8.42 Å². The summed E-state index contributed by atoms with van der Waals surface area (Å²) < 4.78 is 26.3. The molecule has 4 fully saturated rings. The van der Waals surface area contributed by atoms with E-state index in [4.69, 9.17) is 11.6 Å². The first-order valence-corrected chi connectivity index (χ1v) is 13.6. The van der Waals surface area contributed by atoms with Gasteiger partial charge in [0.25, 0.3) is 5.91 Å². The van der Waals surface area contributed by atoms with E-state index < -0.39 is 10.0 Å². The van der Waals surface area contributed by atoms with Gasteiger partial charge in [0.2, 0.25) is 10.0 Å². The Hall–Kier alpha value is -2.05. The van der Waals surface area contributed by atoms with Gasteiger partial charge in [-0.2, -0.15) is 0 Å². The molecule has 32 heavy (non-hydrogen) atoms. The van der Waals surface area contributed by atoms with Crippen LogP contribution in [0.3, 0.4) is 0 Å². The van der Waals surface area contributed by atoms with Crippen LogP contribution < -0.4 is 9.62 Å². The molecule has 7 heteroatoms. The molecule has 0 aliphatic heterocycles. The van der Waals surface area contributed by atoms with Crippen LogP contribution in [0.4, 0.5) is 5.69 Å². The lowest BCUT2D eigenvalue weighted by atomic mass is 9.53. The summed E-state index contributed by atoms with van der Waals surface area (Å²) in [5.41, 5.74) is 1.76. The fourth-order valence-electron chi connectivity index (χ4n) is 6.54. The Balaban J connectivity index is 1.33. The molecular formula is C25H29ClN2O3S. The highest BCUT2D eigenvalue weighted by molar-refractivity contribution is 7.92. The number of anilines is 1. The third-order valence-corrected chi connectivity index (χ3v) is 9.02. The number of hydrogen-bond donors (Lipinski definition) is 1. The minimum Gasteiger partial charge on any atom is -0.347 e. The maximum atomic E-state index is 13.1. The van der Waals surface area contributed by atoms with Gasteiger partial charge in [-0.15, -0.1) is 0 Å². The van der Waals surface area contributed by atoms with Crippen molar-refractivity contribution in [2.75, 3.05) is 10.6 Å². The van der Waals surface area contributed by atoms with Crippen molar-refractivity contribution < 1.29 is 13.2 Å². The number of rotatable bonds is 6. The van der Waals surface area contributed by atoms with Gasteiger partial charge in [0, 0.05) is 16.1 Å².